The van der Waals surface area contributed by atoms with Crippen LogP contribution in [0.2, 0.25) is 0 Å². The summed E-state index contributed by atoms with van der Waals surface area (Å²) < 4.78 is 2.04. The lowest BCUT2D eigenvalue weighted by Crippen LogP contribution is -2.17. The fourth-order valence-electron chi connectivity index (χ4n) is 3.26. The molecule has 150 valence electrons. The first kappa shape index (κ1) is 19.7. The fraction of sp³-hybridized carbons (Fsp3) is 0.0909. The smallest absolute Gasteiger partial charge is 0.283 e. The van der Waals surface area contributed by atoms with E-state index in [-0.39, 0.29) is 16.5 Å². The molecule has 8 heteroatoms. The fourth-order valence-corrected chi connectivity index (χ4v) is 4.35. The largest absolute Gasteiger partial charge is 0.355 e. The molecule has 0 atom stereocenters. The third kappa shape index (κ3) is 3.90. The molecule has 30 heavy (non-hydrogen) atoms. The van der Waals surface area contributed by atoms with E-state index in [2.05, 4.69) is 10.3 Å². The highest BCUT2D eigenvalue weighted by Crippen LogP contribution is 2.39. The standard InChI is InChI=1S/C22H18N4O3S/c1-23-22(27)16-8-9-17-19(11-16)25(13-15-5-4-10-24-12-15)14-21(17)30-20-7-3-2-6-18(20)26(28)29/h2-12,14H,13H2,1H3,(H,23,27). The number of pyridine rings is 1. The van der Waals surface area contributed by atoms with Gasteiger partial charge >= 0.3 is 0 Å². The van der Waals surface area contributed by atoms with Gasteiger partial charge < -0.3 is 9.88 Å². The molecule has 2 aromatic carbocycles. The summed E-state index contributed by atoms with van der Waals surface area (Å²) in [7, 11) is 1.59. The lowest BCUT2D eigenvalue weighted by atomic mass is 10.1. The summed E-state index contributed by atoms with van der Waals surface area (Å²) in [6.45, 7) is 0.568. The Labute approximate surface area is 176 Å². The van der Waals surface area contributed by atoms with Gasteiger partial charge in [0.15, 0.2) is 0 Å². The van der Waals surface area contributed by atoms with E-state index in [1.165, 1.54) is 17.8 Å². The summed E-state index contributed by atoms with van der Waals surface area (Å²) in [6.07, 6.45) is 5.48. The van der Waals surface area contributed by atoms with Crippen LogP contribution < -0.4 is 5.32 Å². The predicted molar refractivity (Wildman–Crippen MR) is 116 cm³/mol. The zero-order valence-electron chi connectivity index (χ0n) is 16.1. The number of hydrogen-bond acceptors (Lipinski definition) is 5. The van der Waals surface area contributed by atoms with E-state index in [0.717, 1.165) is 21.4 Å². The van der Waals surface area contributed by atoms with Crippen molar-refractivity contribution < 1.29 is 9.72 Å². The minimum atomic E-state index is -0.374. The first-order chi connectivity index (χ1) is 14.6. The number of nitro benzene ring substituents is 1. The second-order valence-electron chi connectivity index (χ2n) is 6.62. The molecule has 0 aliphatic heterocycles. The van der Waals surface area contributed by atoms with Crippen molar-refractivity contribution in [3.05, 3.63) is 94.4 Å². The molecule has 4 rings (SSSR count). The number of carbonyl (C=O) groups is 1. The Hall–Kier alpha value is -3.65. The third-order valence-corrected chi connectivity index (χ3v) is 5.80. The van der Waals surface area contributed by atoms with Gasteiger partial charge in [0, 0.05) is 54.1 Å². The van der Waals surface area contributed by atoms with Crippen molar-refractivity contribution in [1.29, 1.82) is 0 Å². The van der Waals surface area contributed by atoms with Gasteiger partial charge in [-0.25, -0.2) is 0 Å². The van der Waals surface area contributed by atoms with Crippen LogP contribution in [0, 0.1) is 10.1 Å². The molecule has 2 aromatic heterocycles. The Morgan fingerprint density at radius 2 is 2.00 bits per heavy atom. The molecule has 0 bridgehead atoms. The molecule has 7 nitrogen and oxygen atoms in total. The quantitative estimate of drug-likeness (QED) is 0.368. The van der Waals surface area contributed by atoms with Gasteiger partial charge in [0.05, 0.1) is 15.3 Å². The second kappa shape index (κ2) is 8.38. The van der Waals surface area contributed by atoms with Crippen LogP contribution in [0.5, 0.6) is 0 Å². The van der Waals surface area contributed by atoms with Crippen LogP contribution in [0.3, 0.4) is 0 Å². The van der Waals surface area contributed by atoms with Crippen LogP contribution in [0.4, 0.5) is 5.69 Å². The number of benzene rings is 2. The zero-order valence-corrected chi connectivity index (χ0v) is 16.9. The maximum Gasteiger partial charge on any atom is 0.283 e. The van der Waals surface area contributed by atoms with Gasteiger partial charge in [-0.3, -0.25) is 19.9 Å². The Balaban J connectivity index is 1.82. The highest BCUT2D eigenvalue weighted by molar-refractivity contribution is 7.99. The summed E-state index contributed by atoms with van der Waals surface area (Å²) in [5, 5.41) is 15.0. The van der Waals surface area contributed by atoms with Crippen LogP contribution in [-0.2, 0) is 6.54 Å². The summed E-state index contributed by atoms with van der Waals surface area (Å²) in [5.41, 5.74) is 2.51. The van der Waals surface area contributed by atoms with Gasteiger partial charge in [-0.1, -0.05) is 36.0 Å². The molecule has 4 aromatic rings. The first-order valence-electron chi connectivity index (χ1n) is 9.22. The van der Waals surface area contributed by atoms with Crippen LogP contribution in [0.1, 0.15) is 15.9 Å². The van der Waals surface area contributed by atoms with Crippen molar-refractivity contribution in [3.63, 3.8) is 0 Å². The SMILES string of the molecule is CNC(=O)c1ccc2c(Sc3ccccc3[N+](=O)[O-])cn(Cc3cccnc3)c2c1. The van der Waals surface area contributed by atoms with E-state index in [1.807, 2.05) is 35.0 Å². The molecule has 0 unspecified atom stereocenters. The number of nitro groups is 1. The van der Waals surface area contributed by atoms with Gasteiger partial charge in [-0.2, -0.15) is 0 Å². The zero-order chi connectivity index (χ0) is 21.1. The molecule has 0 aliphatic rings. The van der Waals surface area contributed by atoms with Crippen LogP contribution in [0.25, 0.3) is 10.9 Å². The summed E-state index contributed by atoms with van der Waals surface area (Å²) in [5.74, 6) is -0.168. The van der Waals surface area contributed by atoms with Crippen molar-refractivity contribution in [1.82, 2.24) is 14.9 Å². The topological polar surface area (TPSA) is 90.1 Å². The molecule has 1 N–H and O–H groups in total. The Kier molecular flexibility index (Phi) is 5.49. The summed E-state index contributed by atoms with van der Waals surface area (Å²) >= 11 is 1.34. The maximum atomic E-state index is 12.1. The van der Waals surface area contributed by atoms with E-state index in [1.54, 1.807) is 43.7 Å². The van der Waals surface area contributed by atoms with E-state index in [9.17, 15) is 14.9 Å². The molecule has 0 spiro atoms. The highest BCUT2D eigenvalue weighted by Gasteiger charge is 2.18. The average Bonchev–Trinajstić information content (AvgIpc) is 3.10. The molecule has 1 amide bonds. The lowest BCUT2D eigenvalue weighted by Gasteiger charge is -2.06. The Morgan fingerprint density at radius 3 is 2.73 bits per heavy atom. The number of aromatic nitrogens is 2. The normalized spacial score (nSPS) is 10.8. The first-order valence-corrected chi connectivity index (χ1v) is 10.0. The lowest BCUT2D eigenvalue weighted by molar-refractivity contribution is -0.387. The monoisotopic (exact) mass is 418 g/mol. The molecule has 2 heterocycles. The number of carbonyl (C=O) groups excluding carboxylic acids is 1. The highest BCUT2D eigenvalue weighted by atomic mass is 32.2. The number of fused-ring (bicyclic) bond motifs is 1. The Bertz CT molecular complexity index is 1240. The Morgan fingerprint density at radius 1 is 1.17 bits per heavy atom. The van der Waals surface area contributed by atoms with Gasteiger partial charge in [0.25, 0.3) is 11.6 Å². The predicted octanol–water partition coefficient (Wildman–Crippen LogP) is 4.50. The van der Waals surface area contributed by atoms with E-state index >= 15 is 0 Å². The number of amides is 1. The third-order valence-electron chi connectivity index (χ3n) is 4.69. The molecule has 0 saturated carbocycles. The number of nitrogens with zero attached hydrogens (tertiary/aromatic N) is 3. The van der Waals surface area contributed by atoms with Crippen LogP contribution in [-0.4, -0.2) is 27.4 Å². The van der Waals surface area contributed by atoms with Gasteiger partial charge in [0.1, 0.15) is 0 Å². The maximum absolute atomic E-state index is 12.1. The van der Waals surface area contributed by atoms with Crippen molar-refractivity contribution in [3.8, 4) is 0 Å². The number of rotatable bonds is 6. The molecular weight excluding hydrogens is 400 g/mol. The van der Waals surface area contributed by atoms with Crippen molar-refractivity contribution >= 4 is 34.3 Å². The molecule has 0 saturated heterocycles. The van der Waals surface area contributed by atoms with Gasteiger partial charge in [-0.05, 0) is 29.8 Å². The van der Waals surface area contributed by atoms with Crippen molar-refractivity contribution in [2.45, 2.75) is 16.3 Å². The van der Waals surface area contributed by atoms with Gasteiger partial charge in [-0.15, -0.1) is 0 Å². The summed E-state index contributed by atoms with van der Waals surface area (Å²) in [4.78, 5) is 28.8. The van der Waals surface area contributed by atoms with E-state index < -0.39 is 0 Å². The average molecular weight is 418 g/mol. The molecule has 0 radical (unpaired) electrons. The number of nitrogens with one attached hydrogen (secondary N) is 1. The molecule has 0 aliphatic carbocycles. The van der Waals surface area contributed by atoms with E-state index in [0.29, 0.717) is 17.0 Å². The van der Waals surface area contributed by atoms with Crippen LogP contribution in [0.15, 0.2) is 83.0 Å². The van der Waals surface area contributed by atoms with E-state index in [4.69, 9.17) is 0 Å². The number of para-hydroxylation sites is 1. The van der Waals surface area contributed by atoms with Gasteiger partial charge in [0.2, 0.25) is 0 Å². The van der Waals surface area contributed by atoms with Crippen molar-refractivity contribution in [2.75, 3.05) is 7.05 Å². The molecular formula is C22H18N4O3S. The minimum absolute atomic E-state index is 0.0673. The second-order valence-corrected chi connectivity index (χ2v) is 7.70. The van der Waals surface area contributed by atoms with Crippen molar-refractivity contribution in [2.24, 2.45) is 0 Å². The molecule has 0 fully saturated rings. The minimum Gasteiger partial charge on any atom is -0.355 e. The number of hydrogen-bond donors (Lipinski definition) is 1. The summed E-state index contributed by atoms with van der Waals surface area (Å²) in [6, 6.07) is 16.0. The van der Waals surface area contributed by atoms with Crippen LogP contribution >= 0.6 is 11.8 Å².